The second kappa shape index (κ2) is 8.01. The molecule has 0 aliphatic carbocycles. The molecule has 0 saturated carbocycles. The number of carbonyl (C=O) groups excluding carboxylic acids is 2. The van der Waals surface area contributed by atoms with Crippen LogP contribution in [0.25, 0.3) is 0 Å². The summed E-state index contributed by atoms with van der Waals surface area (Å²) >= 11 is 0. The number of rotatable bonds is 5. The fraction of sp³-hybridized carbons (Fsp3) is 0.222. The van der Waals surface area contributed by atoms with Crippen LogP contribution in [-0.4, -0.2) is 33.1 Å². The molecular formula is C18H20N2O5S. The van der Waals surface area contributed by atoms with E-state index >= 15 is 0 Å². The number of ether oxygens (including phenoxy) is 1. The van der Waals surface area contributed by atoms with Crippen molar-refractivity contribution in [3.8, 4) is 5.75 Å². The summed E-state index contributed by atoms with van der Waals surface area (Å²) in [6, 6.07) is 11.4. The highest BCUT2D eigenvalue weighted by Crippen LogP contribution is 2.18. The molecule has 8 heteroatoms. The van der Waals surface area contributed by atoms with Crippen LogP contribution < -0.4 is 15.6 Å². The summed E-state index contributed by atoms with van der Waals surface area (Å²) in [5.74, 6) is -0.726. The lowest BCUT2D eigenvalue weighted by Crippen LogP contribution is -2.44. The van der Waals surface area contributed by atoms with Gasteiger partial charge in [-0.3, -0.25) is 20.4 Å². The summed E-state index contributed by atoms with van der Waals surface area (Å²) in [5.41, 5.74) is 6.23. The third-order valence-electron chi connectivity index (χ3n) is 3.55. The van der Waals surface area contributed by atoms with Crippen molar-refractivity contribution >= 4 is 21.7 Å². The van der Waals surface area contributed by atoms with Crippen LogP contribution in [0.2, 0.25) is 0 Å². The van der Waals surface area contributed by atoms with E-state index in [0.717, 1.165) is 17.4 Å². The van der Waals surface area contributed by atoms with Gasteiger partial charge in [0.1, 0.15) is 5.75 Å². The van der Waals surface area contributed by atoms with Gasteiger partial charge in [-0.2, -0.15) is 0 Å². The lowest BCUT2D eigenvalue weighted by molar-refractivity contribution is -0.123. The average Bonchev–Trinajstić information content (AvgIpc) is 2.59. The first-order chi connectivity index (χ1) is 12.2. The van der Waals surface area contributed by atoms with Crippen LogP contribution in [0, 0.1) is 13.8 Å². The Hall–Kier alpha value is -2.87. The van der Waals surface area contributed by atoms with E-state index in [1.807, 2.05) is 32.0 Å². The van der Waals surface area contributed by atoms with Gasteiger partial charge in [-0.25, -0.2) is 8.42 Å². The first-order valence-electron chi connectivity index (χ1n) is 7.77. The van der Waals surface area contributed by atoms with Gasteiger partial charge in [0.25, 0.3) is 11.8 Å². The number of benzene rings is 2. The summed E-state index contributed by atoms with van der Waals surface area (Å²) in [7, 11) is -3.57. The molecule has 7 nitrogen and oxygen atoms in total. The van der Waals surface area contributed by atoms with Crippen LogP contribution >= 0.6 is 0 Å². The van der Waals surface area contributed by atoms with Crippen LogP contribution in [0.1, 0.15) is 21.5 Å². The predicted octanol–water partition coefficient (Wildman–Crippen LogP) is 1.55. The van der Waals surface area contributed by atoms with Crippen molar-refractivity contribution in [3.05, 3.63) is 59.2 Å². The van der Waals surface area contributed by atoms with Crippen molar-refractivity contribution in [3.63, 3.8) is 0 Å². The van der Waals surface area contributed by atoms with Gasteiger partial charge in [0, 0.05) is 6.26 Å². The summed E-state index contributed by atoms with van der Waals surface area (Å²) in [5, 5.41) is 0. The summed E-state index contributed by atoms with van der Waals surface area (Å²) in [6.45, 7) is 3.47. The smallest absolute Gasteiger partial charge is 0.276 e. The van der Waals surface area contributed by atoms with E-state index in [0.29, 0.717) is 5.75 Å². The number of nitrogens with one attached hydrogen (secondary N) is 2. The molecule has 138 valence electrons. The number of hydrazine groups is 1. The lowest BCUT2D eigenvalue weighted by Gasteiger charge is -2.12. The fourth-order valence-corrected chi connectivity index (χ4v) is 3.10. The Balaban J connectivity index is 1.96. The van der Waals surface area contributed by atoms with Gasteiger partial charge in [0.05, 0.1) is 10.5 Å². The normalized spacial score (nSPS) is 10.9. The number of aryl methyl sites for hydroxylation is 2. The van der Waals surface area contributed by atoms with Gasteiger partial charge in [0.15, 0.2) is 16.4 Å². The molecule has 2 aromatic carbocycles. The average molecular weight is 376 g/mol. The van der Waals surface area contributed by atoms with Crippen molar-refractivity contribution < 1.29 is 22.7 Å². The number of amides is 2. The van der Waals surface area contributed by atoms with E-state index in [4.69, 9.17) is 4.74 Å². The number of hydrogen-bond donors (Lipinski definition) is 2. The molecule has 26 heavy (non-hydrogen) atoms. The second-order valence-corrected chi connectivity index (χ2v) is 7.81. The van der Waals surface area contributed by atoms with E-state index in [-0.39, 0.29) is 17.1 Å². The minimum Gasteiger partial charge on any atom is -0.483 e. The molecule has 0 saturated heterocycles. The van der Waals surface area contributed by atoms with Crippen molar-refractivity contribution in [1.29, 1.82) is 0 Å². The van der Waals surface area contributed by atoms with Gasteiger partial charge >= 0.3 is 0 Å². The summed E-state index contributed by atoms with van der Waals surface area (Å²) < 4.78 is 28.9. The Kier molecular flexibility index (Phi) is 5.99. The molecule has 0 aromatic heterocycles. The standard InChI is InChI=1S/C18H20N2O5S/c1-12-8-9-13(2)15(10-12)25-11-17(21)19-20-18(22)14-6-4-5-7-16(14)26(3,23)24/h4-10H,11H2,1-3H3,(H,19,21)(H,20,22). The molecular weight excluding hydrogens is 356 g/mol. The monoisotopic (exact) mass is 376 g/mol. The van der Waals surface area contributed by atoms with Crippen LogP contribution in [-0.2, 0) is 14.6 Å². The quantitative estimate of drug-likeness (QED) is 0.771. The third kappa shape index (κ3) is 5.06. The van der Waals surface area contributed by atoms with Crippen molar-refractivity contribution in [2.45, 2.75) is 18.7 Å². The molecule has 0 spiro atoms. The molecule has 0 aliphatic rings. The summed E-state index contributed by atoms with van der Waals surface area (Å²) in [4.78, 5) is 23.9. The zero-order valence-corrected chi connectivity index (χ0v) is 15.5. The highest BCUT2D eigenvalue weighted by atomic mass is 32.2. The molecule has 2 N–H and O–H groups in total. The Morgan fingerprint density at radius 1 is 1.04 bits per heavy atom. The largest absolute Gasteiger partial charge is 0.483 e. The van der Waals surface area contributed by atoms with Gasteiger partial charge in [-0.1, -0.05) is 24.3 Å². The van der Waals surface area contributed by atoms with E-state index in [2.05, 4.69) is 10.9 Å². The highest BCUT2D eigenvalue weighted by molar-refractivity contribution is 7.90. The summed E-state index contributed by atoms with van der Waals surface area (Å²) in [6.07, 6.45) is 1.01. The lowest BCUT2D eigenvalue weighted by atomic mass is 10.1. The first kappa shape index (κ1) is 19.5. The first-order valence-corrected chi connectivity index (χ1v) is 9.66. The molecule has 0 radical (unpaired) electrons. The highest BCUT2D eigenvalue weighted by Gasteiger charge is 2.18. The van der Waals surface area contributed by atoms with Crippen molar-refractivity contribution in [2.24, 2.45) is 0 Å². The molecule has 0 aliphatic heterocycles. The Bertz CT molecular complexity index is 938. The zero-order valence-electron chi connectivity index (χ0n) is 14.7. The second-order valence-electron chi connectivity index (χ2n) is 5.83. The Morgan fingerprint density at radius 3 is 2.42 bits per heavy atom. The van der Waals surface area contributed by atoms with E-state index in [9.17, 15) is 18.0 Å². The number of hydrogen-bond acceptors (Lipinski definition) is 5. The van der Waals surface area contributed by atoms with E-state index in [1.54, 1.807) is 0 Å². The third-order valence-corrected chi connectivity index (χ3v) is 4.70. The molecule has 2 rings (SSSR count). The SMILES string of the molecule is Cc1ccc(C)c(OCC(=O)NNC(=O)c2ccccc2S(C)(=O)=O)c1. The molecule has 0 fully saturated rings. The van der Waals surface area contributed by atoms with Crippen LogP contribution in [0.4, 0.5) is 0 Å². The molecule has 2 aromatic rings. The van der Waals surface area contributed by atoms with Gasteiger partial charge in [0.2, 0.25) is 0 Å². The Labute approximate surface area is 152 Å². The molecule has 2 amide bonds. The molecule has 0 atom stereocenters. The number of sulfone groups is 1. The van der Waals surface area contributed by atoms with E-state index < -0.39 is 21.7 Å². The minimum atomic E-state index is -3.57. The Morgan fingerprint density at radius 2 is 1.73 bits per heavy atom. The van der Waals surface area contributed by atoms with Crippen LogP contribution in [0.3, 0.4) is 0 Å². The van der Waals surface area contributed by atoms with E-state index in [1.165, 1.54) is 24.3 Å². The zero-order chi connectivity index (χ0) is 19.3. The minimum absolute atomic E-state index is 0.0502. The predicted molar refractivity (Wildman–Crippen MR) is 96.6 cm³/mol. The van der Waals surface area contributed by atoms with Gasteiger partial charge in [-0.15, -0.1) is 0 Å². The maximum atomic E-state index is 12.2. The molecule has 0 bridgehead atoms. The number of carbonyl (C=O) groups is 2. The van der Waals surface area contributed by atoms with Crippen molar-refractivity contribution in [2.75, 3.05) is 12.9 Å². The van der Waals surface area contributed by atoms with Crippen LogP contribution in [0.15, 0.2) is 47.4 Å². The maximum absolute atomic E-state index is 12.2. The van der Waals surface area contributed by atoms with Gasteiger partial charge < -0.3 is 4.74 Å². The topological polar surface area (TPSA) is 102 Å². The fourth-order valence-electron chi connectivity index (χ4n) is 2.21. The molecule has 0 unspecified atom stereocenters. The van der Waals surface area contributed by atoms with Gasteiger partial charge in [-0.05, 0) is 43.2 Å². The van der Waals surface area contributed by atoms with Crippen molar-refractivity contribution in [1.82, 2.24) is 10.9 Å². The van der Waals surface area contributed by atoms with Crippen LogP contribution in [0.5, 0.6) is 5.75 Å². The maximum Gasteiger partial charge on any atom is 0.276 e. The molecule has 0 heterocycles.